The number of nitrogens with zero attached hydrogens (tertiary/aromatic N) is 2. The van der Waals surface area contributed by atoms with E-state index in [0.717, 1.165) is 39.3 Å². The van der Waals surface area contributed by atoms with Crippen LogP contribution in [0.1, 0.15) is 37.3 Å². The molecule has 1 aliphatic rings. The second-order valence-electron chi connectivity index (χ2n) is 7.61. The number of pyridine rings is 1. The van der Waals surface area contributed by atoms with E-state index in [9.17, 15) is 4.79 Å². The number of benzene rings is 2. The highest BCUT2D eigenvalue weighted by Crippen LogP contribution is 2.48. The number of methoxy groups -OCH3 is 1. The number of rotatable bonds is 5. The summed E-state index contributed by atoms with van der Waals surface area (Å²) in [5.74, 6) is 1.42. The molecule has 0 fully saturated rings. The second kappa shape index (κ2) is 8.15. The summed E-state index contributed by atoms with van der Waals surface area (Å²) >= 11 is 6.18. The van der Waals surface area contributed by atoms with E-state index in [2.05, 4.69) is 24.8 Å². The monoisotopic (exact) mass is 424 g/mol. The van der Waals surface area contributed by atoms with Crippen molar-refractivity contribution in [3.05, 3.63) is 58.6 Å². The standard InChI is InChI=1S/C24H25ClN2O3/c1-5-30-24(28)13-19-15(3)27(22-9-7-17(29-4)12-20(19)22)23-10-14(2)18-11-16(25)6-8-21(18)26-23/h6-12,15,19H,5,13H2,1-4H3. The van der Waals surface area contributed by atoms with Gasteiger partial charge in [-0.05, 0) is 74.4 Å². The molecule has 0 amide bonds. The number of ether oxygens (including phenoxy) is 2. The Kier molecular flexibility index (Phi) is 5.56. The quantitative estimate of drug-likeness (QED) is 0.486. The van der Waals surface area contributed by atoms with Crippen molar-refractivity contribution in [2.24, 2.45) is 0 Å². The minimum absolute atomic E-state index is 0.0165. The number of esters is 1. The third-order valence-electron chi connectivity index (χ3n) is 5.79. The topological polar surface area (TPSA) is 51.7 Å². The van der Waals surface area contributed by atoms with Crippen molar-refractivity contribution in [2.75, 3.05) is 18.6 Å². The van der Waals surface area contributed by atoms with Crippen LogP contribution >= 0.6 is 11.6 Å². The van der Waals surface area contributed by atoms with Crippen LogP contribution in [-0.4, -0.2) is 30.7 Å². The van der Waals surface area contributed by atoms with Crippen molar-refractivity contribution in [2.45, 2.75) is 39.2 Å². The lowest BCUT2D eigenvalue weighted by atomic mass is 9.92. The molecule has 6 heteroatoms. The van der Waals surface area contributed by atoms with Gasteiger partial charge in [-0.1, -0.05) is 11.6 Å². The SMILES string of the molecule is CCOC(=O)CC1c2cc(OC)ccc2N(c2cc(C)c3cc(Cl)ccc3n2)C1C. The highest BCUT2D eigenvalue weighted by molar-refractivity contribution is 6.31. The zero-order valence-corrected chi connectivity index (χ0v) is 18.4. The van der Waals surface area contributed by atoms with E-state index in [0.29, 0.717) is 18.1 Å². The summed E-state index contributed by atoms with van der Waals surface area (Å²) in [4.78, 5) is 19.4. The van der Waals surface area contributed by atoms with E-state index in [1.807, 2.05) is 43.3 Å². The minimum atomic E-state index is -0.192. The summed E-state index contributed by atoms with van der Waals surface area (Å²) < 4.78 is 10.7. The molecule has 5 nitrogen and oxygen atoms in total. The van der Waals surface area contributed by atoms with Crippen LogP contribution in [-0.2, 0) is 9.53 Å². The van der Waals surface area contributed by atoms with Gasteiger partial charge in [-0.3, -0.25) is 4.79 Å². The number of fused-ring (bicyclic) bond motifs is 2. The van der Waals surface area contributed by atoms with E-state index >= 15 is 0 Å². The molecule has 30 heavy (non-hydrogen) atoms. The largest absolute Gasteiger partial charge is 0.497 e. The van der Waals surface area contributed by atoms with Crippen LogP contribution in [0.3, 0.4) is 0 Å². The molecule has 2 unspecified atom stereocenters. The normalized spacial score (nSPS) is 17.8. The van der Waals surface area contributed by atoms with E-state index in [-0.39, 0.29) is 17.9 Å². The lowest BCUT2D eigenvalue weighted by molar-refractivity contribution is -0.143. The maximum absolute atomic E-state index is 12.3. The summed E-state index contributed by atoms with van der Waals surface area (Å²) in [7, 11) is 1.65. The van der Waals surface area contributed by atoms with Crippen molar-refractivity contribution >= 4 is 40.0 Å². The second-order valence-corrected chi connectivity index (χ2v) is 8.05. The molecule has 0 spiro atoms. The Morgan fingerprint density at radius 3 is 2.73 bits per heavy atom. The van der Waals surface area contributed by atoms with Gasteiger partial charge in [-0.25, -0.2) is 4.98 Å². The molecule has 0 saturated carbocycles. The van der Waals surface area contributed by atoms with E-state index in [1.54, 1.807) is 7.11 Å². The lowest BCUT2D eigenvalue weighted by Crippen LogP contribution is -2.29. The molecular weight excluding hydrogens is 400 g/mol. The van der Waals surface area contributed by atoms with Crippen LogP contribution in [0.15, 0.2) is 42.5 Å². The van der Waals surface area contributed by atoms with Crippen LogP contribution in [0, 0.1) is 6.92 Å². The van der Waals surface area contributed by atoms with Crippen LogP contribution in [0.4, 0.5) is 11.5 Å². The highest BCUT2D eigenvalue weighted by atomic mass is 35.5. The number of carbonyl (C=O) groups is 1. The third kappa shape index (κ3) is 3.58. The first kappa shape index (κ1) is 20.5. The fraction of sp³-hybridized carbons (Fsp3) is 0.333. The molecule has 4 rings (SSSR count). The fourth-order valence-electron chi connectivity index (χ4n) is 4.32. The number of anilines is 2. The Morgan fingerprint density at radius 2 is 2.00 bits per heavy atom. The highest BCUT2D eigenvalue weighted by Gasteiger charge is 2.39. The predicted molar refractivity (Wildman–Crippen MR) is 120 cm³/mol. The molecule has 0 N–H and O–H groups in total. The summed E-state index contributed by atoms with van der Waals surface area (Å²) in [5, 5.41) is 1.73. The van der Waals surface area contributed by atoms with Gasteiger partial charge < -0.3 is 14.4 Å². The van der Waals surface area contributed by atoms with Gasteiger partial charge in [0.25, 0.3) is 0 Å². The number of hydrogen-bond acceptors (Lipinski definition) is 5. The van der Waals surface area contributed by atoms with E-state index < -0.39 is 0 Å². The number of hydrogen-bond donors (Lipinski definition) is 0. The summed E-state index contributed by atoms with van der Waals surface area (Å²) in [6.07, 6.45) is 0.313. The number of aryl methyl sites for hydroxylation is 1. The van der Waals surface area contributed by atoms with Crippen molar-refractivity contribution in [3.8, 4) is 5.75 Å². The molecule has 0 saturated heterocycles. The maximum atomic E-state index is 12.3. The Morgan fingerprint density at radius 1 is 1.20 bits per heavy atom. The van der Waals surface area contributed by atoms with Crippen LogP contribution < -0.4 is 9.64 Å². The van der Waals surface area contributed by atoms with Gasteiger partial charge in [0.05, 0.1) is 25.7 Å². The van der Waals surface area contributed by atoms with Crippen LogP contribution in [0.25, 0.3) is 10.9 Å². The summed E-state index contributed by atoms with van der Waals surface area (Å²) in [5.41, 5.74) is 4.11. The molecule has 2 atom stereocenters. The molecule has 3 aromatic rings. The van der Waals surface area contributed by atoms with Crippen molar-refractivity contribution in [1.29, 1.82) is 0 Å². The average molecular weight is 425 g/mol. The Balaban J connectivity index is 1.81. The lowest BCUT2D eigenvalue weighted by Gasteiger charge is -2.27. The molecule has 0 aliphatic carbocycles. The van der Waals surface area contributed by atoms with Crippen LogP contribution in [0.5, 0.6) is 5.75 Å². The first-order valence-electron chi connectivity index (χ1n) is 10.1. The van der Waals surface area contributed by atoms with Gasteiger partial charge in [0.1, 0.15) is 11.6 Å². The van der Waals surface area contributed by atoms with Gasteiger partial charge in [0.2, 0.25) is 0 Å². The molecule has 2 heterocycles. The van der Waals surface area contributed by atoms with Crippen molar-refractivity contribution in [3.63, 3.8) is 0 Å². The number of halogens is 1. The minimum Gasteiger partial charge on any atom is -0.497 e. The van der Waals surface area contributed by atoms with Gasteiger partial charge in [0.15, 0.2) is 0 Å². The Labute approximate surface area is 181 Å². The summed E-state index contributed by atoms with van der Waals surface area (Å²) in [6, 6.07) is 13.9. The molecule has 156 valence electrons. The molecule has 0 bridgehead atoms. The Bertz CT molecular complexity index is 1120. The first-order valence-corrected chi connectivity index (χ1v) is 10.5. The van der Waals surface area contributed by atoms with Crippen molar-refractivity contribution < 1.29 is 14.3 Å². The van der Waals surface area contributed by atoms with Gasteiger partial charge in [0, 0.05) is 28.1 Å². The predicted octanol–water partition coefficient (Wildman–Crippen LogP) is 5.78. The average Bonchev–Trinajstić information content (AvgIpc) is 2.99. The Hall–Kier alpha value is -2.79. The van der Waals surface area contributed by atoms with Crippen molar-refractivity contribution in [1.82, 2.24) is 4.98 Å². The zero-order valence-electron chi connectivity index (χ0n) is 17.6. The van der Waals surface area contributed by atoms with Gasteiger partial charge in [-0.15, -0.1) is 0 Å². The molecule has 0 radical (unpaired) electrons. The van der Waals surface area contributed by atoms with Gasteiger partial charge in [-0.2, -0.15) is 0 Å². The third-order valence-corrected chi connectivity index (χ3v) is 6.02. The maximum Gasteiger partial charge on any atom is 0.306 e. The van der Waals surface area contributed by atoms with E-state index in [4.69, 9.17) is 26.1 Å². The van der Waals surface area contributed by atoms with E-state index in [1.165, 1.54) is 0 Å². The summed E-state index contributed by atoms with van der Waals surface area (Å²) in [6.45, 7) is 6.39. The molecule has 1 aliphatic heterocycles. The fourth-order valence-corrected chi connectivity index (χ4v) is 4.49. The smallest absolute Gasteiger partial charge is 0.306 e. The number of aromatic nitrogens is 1. The molecular formula is C24H25ClN2O3. The van der Waals surface area contributed by atoms with Crippen LogP contribution in [0.2, 0.25) is 5.02 Å². The number of carbonyl (C=O) groups excluding carboxylic acids is 1. The van der Waals surface area contributed by atoms with Gasteiger partial charge >= 0.3 is 5.97 Å². The zero-order chi connectivity index (χ0) is 21.4. The first-order chi connectivity index (χ1) is 14.4. The molecule has 2 aromatic carbocycles. The molecule has 1 aromatic heterocycles.